The molecule has 3 N–H and O–H groups in total. The van der Waals surface area contributed by atoms with E-state index in [1.807, 2.05) is 37.3 Å². The average molecular weight is 607 g/mol. The summed E-state index contributed by atoms with van der Waals surface area (Å²) in [6.45, 7) is 2.14. The molecule has 9 nitrogen and oxygen atoms in total. The zero-order chi connectivity index (χ0) is 30.1. The Morgan fingerprint density at radius 3 is 2.88 bits per heavy atom. The highest BCUT2D eigenvalue weighted by Gasteiger charge is 2.61. The number of rotatable bonds is 5. The predicted molar refractivity (Wildman–Crippen MR) is 162 cm³/mol. The molecular formula is C32H35FN4O5S. The molecule has 1 saturated carbocycles. The molecule has 2 aromatic carbocycles. The standard InChI is InChI=1S/C32H35FN4O5S/c1-19-12-13-24-27(14-19)43-31(35-24)42-23-16-26-28(38)36-32(30(40)41)17-20(32)8-5-3-2-4-6-11-25(29(39)37(26)18-23)34-22-10-7-9-21(33)15-22/h5,7-10,12-15,20,23,25-26,34H,2-4,6,11,16-18H2,1H3,(H,36,38)(H,40,41)/b8-5-/t20-,23+,25-,26-,32+/m0/s1. The van der Waals surface area contributed by atoms with Gasteiger partial charge in [-0.1, -0.05) is 48.5 Å². The van der Waals surface area contributed by atoms with Crippen LogP contribution >= 0.6 is 11.3 Å². The molecule has 2 amide bonds. The number of carboxylic acid groups (broad SMARTS) is 1. The first kappa shape index (κ1) is 29.1. The second kappa shape index (κ2) is 11.9. The minimum atomic E-state index is -1.38. The van der Waals surface area contributed by atoms with Gasteiger partial charge in [0.05, 0.1) is 16.8 Å². The Kier molecular flexibility index (Phi) is 8.09. The molecule has 3 aliphatic rings. The third kappa shape index (κ3) is 6.22. The summed E-state index contributed by atoms with van der Waals surface area (Å²) in [5.74, 6) is -2.63. The topological polar surface area (TPSA) is 121 Å². The average Bonchev–Trinajstić information content (AvgIpc) is 3.29. The lowest BCUT2D eigenvalue weighted by Crippen LogP contribution is -2.55. The SMILES string of the molecule is Cc1ccc2nc(O[C@@H]3C[C@H]4C(=O)N[C@]5(C(=O)O)C[C@@H]5/C=C\CCCCC[C@H](Nc5cccc(F)c5)C(=O)N4C3)sc2c1. The maximum atomic E-state index is 14.2. The van der Waals surface area contributed by atoms with Crippen LogP contribution in [0.25, 0.3) is 10.2 Å². The number of thiazole rings is 1. The molecule has 2 aliphatic heterocycles. The Balaban J connectivity index is 1.29. The van der Waals surface area contributed by atoms with Gasteiger partial charge in [0, 0.05) is 18.0 Å². The van der Waals surface area contributed by atoms with Crippen molar-refractivity contribution in [2.24, 2.45) is 5.92 Å². The van der Waals surface area contributed by atoms with Gasteiger partial charge in [-0.15, -0.1) is 0 Å². The van der Waals surface area contributed by atoms with Crippen molar-refractivity contribution in [1.29, 1.82) is 0 Å². The molecule has 0 radical (unpaired) electrons. The molecule has 2 fully saturated rings. The van der Waals surface area contributed by atoms with E-state index in [-0.39, 0.29) is 24.8 Å². The van der Waals surface area contributed by atoms with Crippen LogP contribution in [0.3, 0.4) is 0 Å². The number of fused-ring (bicyclic) bond motifs is 3. The van der Waals surface area contributed by atoms with Crippen LogP contribution in [-0.2, 0) is 14.4 Å². The molecular weight excluding hydrogens is 571 g/mol. The van der Waals surface area contributed by atoms with Gasteiger partial charge in [-0.05, 0) is 68.5 Å². The van der Waals surface area contributed by atoms with E-state index in [1.165, 1.54) is 28.4 Å². The second-order valence-electron chi connectivity index (χ2n) is 11.8. The fourth-order valence-corrected chi connectivity index (χ4v) is 7.11. The summed E-state index contributed by atoms with van der Waals surface area (Å²) in [4.78, 5) is 46.3. The van der Waals surface area contributed by atoms with Gasteiger partial charge in [-0.3, -0.25) is 9.59 Å². The molecule has 1 aromatic heterocycles. The molecule has 0 bridgehead atoms. The number of carboxylic acids is 1. The fraction of sp³-hybridized carbons (Fsp3) is 0.438. The van der Waals surface area contributed by atoms with Gasteiger partial charge in [0.15, 0.2) is 0 Å². The van der Waals surface area contributed by atoms with E-state index in [0.717, 1.165) is 41.5 Å². The van der Waals surface area contributed by atoms with E-state index in [4.69, 9.17) is 4.74 Å². The molecule has 11 heteroatoms. The number of hydrogen-bond donors (Lipinski definition) is 3. The quantitative estimate of drug-likeness (QED) is 0.348. The first-order valence-electron chi connectivity index (χ1n) is 14.8. The van der Waals surface area contributed by atoms with Crippen molar-refractivity contribution in [2.75, 3.05) is 11.9 Å². The van der Waals surface area contributed by atoms with Crippen molar-refractivity contribution in [3.05, 3.63) is 66.0 Å². The van der Waals surface area contributed by atoms with Crippen molar-refractivity contribution in [3.8, 4) is 5.19 Å². The molecule has 5 atom stereocenters. The molecule has 0 unspecified atom stereocenters. The summed E-state index contributed by atoms with van der Waals surface area (Å²) in [6.07, 6.45) is 7.65. The smallest absolute Gasteiger partial charge is 0.330 e. The summed E-state index contributed by atoms with van der Waals surface area (Å²) >= 11 is 1.40. The highest BCUT2D eigenvalue weighted by atomic mass is 32.1. The Hall–Kier alpha value is -3.99. The van der Waals surface area contributed by atoms with Crippen LogP contribution < -0.4 is 15.4 Å². The molecule has 6 rings (SSSR count). The molecule has 1 aliphatic carbocycles. The normalized spacial score (nSPS) is 28.7. The lowest BCUT2D eigenvalue weighted by atomic mass is 10.0. The number of halogens is 1. The Bertz CT molecular complexity index is 1580. The maximum Gasteiger partial charge on any atom is 0.330 e. The van der Waals surface area contributed by atoms with E-state index < -0.39 is 41.4 Å². The number of allylic oxidation sites excluding steroid dienone is 1. The minimum Gasteiger partial charge on any atom is -0.479 e. The van der Waals surface area contributed by atoms with Crippen LogP contribution in [-0.4, -0.2) is 63.0 Å². The summed E-state index contributed by atoms with van der Waals surface area (Å²) in [7, 11) is 0. The molecule has 0 spiro atoms. The van der Waals surface area contributed by atoms with Gasteiger partial charge < -0.3 is 25.4 Å². The Morgan fingerprint density at radius 2 is 2.07 bits per heavy atom. The molecule has 43 heavy (non-hydrogen) atoms. The molecule has 226 valence electrons. The van der Waals surface area contributed by atoms with Crippen molar-refractivity contribution < 1.29 is 28.6 Å². The molecule has 3 aromatic rings. The number of carbonyl (C=O) groups excluding carboxylic acids is 2. The summed E-state index contributed by atoms with van der Waals surface area (Å²) in [5, 5.41) is 16.5. The third-order valence-electron chi connectivity index (χ3n) is 8.58. The third-order valence-corrected chi connectivity index (χ3v) is 9.49. The van der Waals surface area contributed by atoms with E-state index in [1.54, 1.807) is 12.1 Å². The first-order chi connectivity index (χ1) is 20.7. The zero-order valence-corrected chi connectivity index (χ0v) is 24.7. The van der Waals surface area contributed by atoms with Crippen molar-refractivity contribution in [2.45, 2.75) is 75.6 Å². The van der Waals surface area contributed by atoms with Crippen LogP contribution in [0.5, 0.6) is 5.19 Å². The second-order valence-corrected chi connectivity index (χ2v) is 12.8. The summed E-state index contributed by atoms with van der Waals surface area (Å²) in [6, 6.07) is 10.3. The van der Waals surface area contributed by atoms with Gasteiger partial charge >= 0.3 is 5.97 Å². The highest BCUT2D eigenvalue weighted by Crippen LogP contribution is 2.45. The largest absolute Gasteiger partial charge is 0.479 e. The monoisotopic (exact) mass is 606 g/mol. The fourth-order valence-electron chi connectivity index (χ4n) is 6.13. The first-order valence-corrected chi connectivity index (χ1v) is 15.6. The Morgan fingerprint density at radius 1 is 1.21 bits per heavy atom. The van der Waals surface area contributed by atoms with E-state index >= 15 is 0 Å². The van der Waals surface area contributed by atoms with Gasteiger partial charge in [0.25, 0.3) is 5.19 Å². The number of aliphatic carboxylic acids is 1. The number of aromatic nitrogens is 1. The van der Waals surface area contributed by atoms with Crippen LogP contribution in [0.1, 0.15) is 50.5 Å². The number of ether oxygens (including phenoxy) is 1. The van der Waals surface area contributed by atoms with Gasteiger partial charge in [0.2, 0.25) is 11.8 Å². The Labute approximate surface area is 253 Å². The number of benzene rings is 2. The molecule has 1 saturated heterocycles. The van der Waals surface area contributed by atoms with Crippen molar-refractivity contribution >= 4 is 45.0 Å². The van der Waals surface area contributed by atoms with Crippen molar-refractivity contribution in [3.63, 3.8) is 0 Å². The predicted octanol–water partition coefficient (Wildman–Crippen LogP) is 5.05. The van der Waals surface area contributed by atoms with E-state index in [9.17, 15) is 23.9 Å². The van der Waals surface area contributed by atoms with Crippen LogP contribution in [0, 0.1) is 18.7 Å². The number of amides is 2. The van der Waals surface area contributed by atoms with Gasteiger partial charge in [-0.2, -0.15) is 0 Å². The number of carbonyl (C=O) groups is 3. The zero-order valence-electron chi connectivity index (χ0n) is 23.9. The van der Waals surface area contributed by atoms with Gasteiger partial charge in [0.1, 0.15) is 29.5 Å². The maximum absolute atomic E-state index is 14.2. The number of nitrogens with zero attached hydrogens (tertiary/aromatic N) is 2. The van der Waals surface area contributed by atoms with Crippen molar-refractivity contribution in [1.82, 2.24) is 15.2 Å². The number of anilines is 1. The highest BCUT2D eigenvalue weighted by molar-refractivity contribution is 7.20. The lowest BCUT2D eigenvalue weighted by Gasteiger charge is -2.30. The molecule has 3 heterocycles. The van der Waals surface area contributed by atoms with Crippen LogP contribution in [0.2, 0.25) is 0 Å². The van der Waals surface area contributed by atoms with Crippen LogP contribution in [0.4, 0.5) is 10.1 Å². The van der Waals surface area contributed by atoms with E-state index in [2.05, 4.69) is 15.6 Å². The van der Waals surface area contributed by atoms with Crippen LogP contribution in [0.15, 0.2) is 54.6 Å². The summed E-state index contributed by atoms with van der Waals surface area (Å²) in [5.41, 5.74) is 1.01. The summed E-state index contributed by atoms with van der Waals surface area (Å²) < 4.78 is 21.2. The van der Waals surface area contributed by atoms with E-state index in [0.29, 0.717) is 23.7 Å². The number of aryl methyl sites for hydroxylation is 1. The lowest BCUT2D eigenvalue weighted by molar-refractivity contribution is -0.145. The van der Waals surface area contributed by atoms with Gasteiger partial charge in [-0.25, -0.2) is 14.2 Å². The number of hydrogen-bond acceptors (Lipinski definition) is 7. The minimum absolute atomic E-state index is 0.136. The number of nitrogens with one attached hydrogen (secondary N) is 2.